The van der Waals surface area contributed by atoms with Gasteiger partial charge in [-0.05, 0) is 24.3 Å². The molecule has 3 heterocycles. The molecule has 2 aliphatic carbocycles. The lowest BCUT2D eigenvalue weighted by atomic mass is 9.55. The van der Waals surface area contributed by atoms with Gasteiger partial charge in [0.2, 0.25) is 6.79 Å². The first kappa shape index (κ1) is 14.9. The summed E-state index contributed by atoms with van der Waals surface area (Å²) in [5.41, 5.74) is 1.08. The Morgan fingerprint density at radius 2 is 1.85 bits per heavy atom. The molecule has 1 aromatic carbocycles. The van der Waals surface area contributed by atoms with Gasteiger partial charge in [-0.25, -0.2) is 0 Å². The molecule has 1 saturated heterocycles. The van der Waals surface area contributed by atoms with Gasteiger partial charge in [0.05, 0.1) is 0 Å². The molecule has 1 spiro atoms. The smallest absolute Gasteiger partial charge is 0.276 e. The highest BCUT2D eigenvalue weighted by atomic mass is 16.8. The molecule has 0 radical (unpaired) electrons. The fourth-order valence-electron chi connectivity index (χ4n) is 5.55. The molecule has 0 aromatic heterocycles. The number of hydrogen-bond acceptors (Lipinski definition) is 6. The fraction of sp³-hybridized carbons (Fsp3) is 0.550. The molecule has 5 unspecified atom stereocenters. The molecule has 1 aromatic rings. The lowest BCUT2D eigenvalue weighted by Crippen LogP contribution is -2.60. The summed E-state index contributed by atoms with van der Waals surface area (Å²) in [7, 11) is 0. The first-order chi connectivity index (χ1) is 12.6. The predicted octanol–water partition coefficient (Wildman–Crippen LogP) is 2.97. The van der Waals surface area contributed by atoms with Crippen LogP contribution in [0.1, 0.15) is 31.7 Å². The number of carbonyl (C=O) groups is 1. The van der Waals surface area contributed by atoms with E-state index in [2.05, 4.69) is 13.8 Å². The standard InChI is InChI=1S/C20H20O6/c1-9-3-11-13(21)5-17-20(25-8-24-17)19(11)18(10(9)2)12-4-15-16(23-7-22-15)6-14(12)26-20/h4-6,9-11,18-19H,3,7-8H2,1-2H3/t9?,10?,11?,18?,19?,20-/m0/s1. The molecular weight excluding hydrogens is 336 g/mol. The molecule has 1 saturated carbocycles. The van der Waals surface area contributed by atoms with E-state index in [1.54, 1.807) is 6.08 Å². The quantitative estimate of drug-likeness (QED) is 0.712. The van der Waals surface area contributed by atoms with E-state index in [0.717, 1.165) is 23.5 Å². The van der Waals surface area contributed by atoms with Crippen LogP contribution in [0.5, 0.6) is 17.2 Å². The van der Waals surface area contributed by atoms with Crippen molar-refractivity contribution in [3.05, 3.63) is 29.5 Å². The Bertz CT molecular complexity index is 860. The summed E-state index contributed by atoms with van der Waals surface area (Å²) in [4.78, 5) is 12.8. The van der Waals surface area contributed by atoms with Crippen molar-refractivity contribution in [3.8, 4) is 17.2 Å². The lowest BCUT2D eigenvalue weighted by Gasteiger charge is -2.54. The van der Waals surface area contributed by atoms with Gasteiger partial charge in [0.15, 0.2) is 29.8 Å². The van der Waals surface area contributed by atoms with E-state index < -0.39 is 5.79 Å². The molecule has 6 rings (SSSR count). The van der Waals surface area contributed by atoms with Gasteiger partial charge in [0, 0.05) is 35.5 Å². The molecule has 0 N–H and O–H groups in total. The third-order valence-corrected chi connectivity index (χ3v) is 6.94. The van der Waals surface area contributed by atoms with Crippen LogP contribution in [0.15, 0.2) is 24.0 Å². The maximum atomic E-state index is 12.8. The summed E-state index contributed by atoms with van der Waals surface area (Å²) >= 11 is 0. The number of carbonyl (C=O) groups excluding carboxylic acids is 1. The van der Waals surface area contributed by atoms with E-state index in [9.17, 15) is 4.79 Å². The average molecular weight is 356 g/mol. The molecule has 5 aliphatic rings. The van der Waals surface area contributed by atoms with Gasteiger partial charge in [-0.2, -0.15) is 0 Å². The van der Waals surface area contributed by atoms with Crippen molar-refractivity contribution in [1.29, 1.82) is 0 Å². The third-order valence-electron chi connectivity index (χ3n) is 6.94. The van der Waals surface area contributed by atoms with Crippen molar-refractivity contribution in [2.75, 3.05) is 13.6 Å². The van der Waals surface area contributed by atoms with Crippen LogP contribution in [0.25, 0.3) is 0 Å². The summed E-state index contributed by atoms with van der Waals surface area (Å²) in [5.74, 6) is 2.54. The maximum Gasteiger partial charge on any atom is 0.276 e. The van der Waals surface area contributed by atoms with Gasteiger partial charge < -0.3 is 18.9 Å². The molecule has 6 heteroatoms. The van der Waals surface area contributed by atoms with Crippen molar-refractivity contribution in [3.63, 3.8) is 0 Å². The minimum Gasteiger partial charge on any atom is -0.465 e. The van der Waals surface area contributed by atoms with Gasteiger partial charge in [0.1, 0.15) is 5.75 Å². The first-order valence-electron chi connectivity index (χ1n) is 9.24. The highest BCUT2D eigenvalue weighted by Crippen LogP contribution is 2.63. The van der Waals surface area contributed by atoms with Crippen molar-refractivity contribution in [1.82, 2.24) is 0 Å². The Hall–Kier alpha value is -2.21. The Morgan fingerprint density at radius 3 is 2.69 bits per heavy atom. The van der Waals surface area contributed by atoms with Crippen molar-refractivity contribution < 1.29 is 28.5 Å². The molecule has 6 atom stereocenters. The van der Waals surface area contributed by atoms with Crippen molar-refractivity contribution >= 4 is 5.78 Å². The summed E-state index contributed by atoms with van der Waals surface area (Å²) in [5, 5.41) is 0. The molecule has 3 aliphatic heterocycles. The van der Waals surface area contributed by atoms with E-state index in [1.807, 2.05) is 12.1 Å². The predicted molar refractivity (Wildman–Crippen MR) is 88.7 cm³/mol. The van der Waals surface area contributed by atoms with E-state index in [0.29, 0.717) is 23.3 Å². The van der Waals surface area contributed by atoms with Crippen molar-refractivity contribution in [2.45, 2.75) is 32.0 Å². The Kier molecular flexibility index (Phi) is 2.72. The van der Waals surface area contributed by atoms with Gasteiger partial charge in [-0.3, -0.25) is 9.53 Å². The van der Waals surface area contributed by atoms with Crippen LogP contribution < -0.4 is 14.2 Å². The monoisotopic (exact) mass is 356 g/mol. The van der Waals surface area contributed by atoms with Crippen LogP contribution in [-0.2, 0) is 14.3 Å². The second-order valence-electron chi connectivity index (χ2n) is 8.06. The summed E-state index contributed by atoms with van der Waals surface area (Å²) in [6, 6.07) is 3.92. The van der Waals surface area contributed by atoms with E-state index in [1.165, 1.54) is 0 Å². The number of fused-ring (bicyclic) bond motifs is 3. The summed E-state index contributed by atoms with van der Waals surface area (Å²) in [6.07, 6.45) is 2.44. The van der Waals surface area contributed by atoms with Crippen LogP contribution in [-0.4, -0.2) is 25.2 Å². The normalized spacial score (nSPS) is 41.4. The maximum absolute atomic E-state index is 12.8. The van der Waals surface area contributed by atoms with Gasteiger partial charge in [-0.1, -0.05) is 13.8 Å². The Labute approximate surface area is 151 Å². The summed E-state index contributed by atoms with van der Waals surface area (Å²) in [6.45, 7) is 4.82. The third kappa shape index (κ3) is 1.64. The van der Waals surface area contributed by atoms with Crippen molar-refractivity contribution in [2.24, 2.45) is 23.7 Å². The largest absolute Gasteiger partial charge is 0.465 e. The number of ether oxygens (including phenoxy) is 5. The van der Waals surface area contributed by atoms with E-state index in [4.69, 9.17) is 23.7 Å². The highest BCUT2D eigenvalue weighted by Gasteiger charge is 2.66. The molecule has 136 valence electrons. The lowest BCUT2D eigenvalue weighted by molar-refractivity contribution is -0.212. The summed E-state index contributed by atoms with van der Waals surface area (Å²) < 4.78 is 29.3. The molecule has 6 nitrogen and oxygen atoms in total. The van der Waals surface area contributed by atoms with Gasteiger partial charge >= 0.3 is 0 Å². The second kappa shape index (κ2) is 4.74. The molecule has 2 fully saturated rings. The van der Waals surface area contributed by atoms with Crippen LogP contribution in [0.4, 0.5) is 0 Å². The zero-order valence-electron chi connectivity index (χ0n) is 14.7. The molecular formula is C20H20O6. The average Bonchev–Trinajstić information content (AvgIpc) is 3.23. The zero-order chi connectivity index (χ0) is 17.6. The first-order valence-corrected chi connectivity index (χ1v) is 9.24. The Balaban J connectivity index is 1.61. The number of rotatable bonds is 0. The topological polar surface area (TPSA) is 63.2 Å². The fourth-order valence-corrected chi connectivity index (χ4v) is 5.55. The van der Waals surface area contributed by atoms with E-state index >= 15 is 0 Å². The zero-order valence-corrected chi connectivity index (χ0v) is 14.7. The van der Waals surface area contributed by atoms with Gasteiger partial charge in [0.25, 0.3) is 5.79 Å². The number of hydrogen-bond donors (Lipinski definition) is 0. The van der Waals surface area contributed by atoms with Gasteiger partial charge in [-0.15, -0.1) is 0 Å². The molecule has 0 bridgehead atoms. The minimum atomic E-state index is -1.00. The molecule has 0 amide bonds. The van der Waals surface area contributed by atoms with E-state index in [-0.39, 0.29) is 37.1 Å². The van der Waals surface area contributed by atoms with Crippen LogP contribution >= 0.6 is 0 Å². The molecule has 26 heavy (non-hydrogen) atoms. The number of benzene rings is 1. The minimum absolute atomic E-state index is 0.0865. The Morgan fingerprint density at radius 1 is 1.04 bits per heavy atom. The second-order valence-corrected chi connectivity index (χ2v) is 8.06. The number of allylic oxidation sites excluding steroid dienone is 1. The number of ketones is 1. The van der Waals surface area contributed by atoms with Crippen LogP contribution in [0.3, 0.4) is 0 Å². The highest BCUT2D eigenvalue weighted by molar-refractivity contribution is 5.94. The SMILES string of the molecule is CC1CC2C(=O)C=C3OCO[C@]34Oc3cc5c(cc3C(C1C)C24)OCO5. The van der Waals surface area contributed by atoms with Crippen LogP contribution in [0, 0.1) is 23.7 Å². The van der Waals surface area contributed by atoms with Crippen LogP contribution in [0.2, 0.25) is 0 Å².